The normalized spacial score (nSPS) is 11.8. The number of azo groups is 1. The summed E-state index contributed by atoms with van der Waals surface area (Å²) in [5.74, 6) is -0.104. The first-order valence-corrected chi connectivity index (χ1v) is 14.1. The molecule has 10 heteroatoms. The van der Waals surface area contributed by atoms with Crippen molar-refractivity contribution in [2.45, 2.75) is 79.1 Å². The van der Waals surface area contributed by atoms with E-state index in [0.717, 1.165) is 56.0 Å². The fraction of sp³-hybridized carbons (Fsp3) is 0.552. The molecule has 212 valence electrons. The molecule has 1 heterocycles. The van der Waals surface area contributed by atoms with Crippen LogP contribution in [0.3, 0.4) is 0 Å². The van der Waals surface area contributed by atoms with Crippen LogP contribution in [0.2, 0.25) is 0 Å². The van der Waals surface area contributed by atoms with Gasteiger partial charge in [-0.1, -0.05) is 59.8 Å². The number of unbranched alkanes of at least 4 members (excludes halogenated alkanes) is 3. The van der Waals surface area contributed by atoms with Crippen molar-refractivity contribution in [3.8, 4) is 11.9 Å². The van der Waals surface area contributed by atoms with Crippen molar-refractivity contribution in [2.24, 2.45) is 16.1 Å². The van der Waals surface area contributed by atoms with Crippen LogP contribution >= 0.6 is 0 Å². The first kappa shape index (κ1) is 31.3. The third kappa shape index (κ3) is 9.13. The summed E-state index contributed by atoms with van der Waals surface area (Å²) in [5.41, 5.74) is 3.18. The first-order chi connectivity index (χ1) is 18.9. The Hall–Kier alpha value is -3.87. The van der Waals surface area contributed by atoms with Crippen molar-refractivity contribution in [1.29, 1.82) is 5.26 Å². The molecule has 0 spiro atoms. The van der Waals surface area contributed by atoms with Gasteiger partial charge in [0.15, 0.2) is 5.69 Å². The molecule has 0 aliphatic rings. The number of aromatic hydroxyl groups is 1. The van der Waals surface area contributed by atoms with Gasteiger partial charge in [-0.15, -0.1) is 5.11 Å². The second kappa shape index (κ2) is 16.9. The van der Waals surface area contributed by atoms with Crippen LogP contribution < -0.4 is 21.6 Å². The van der Waals surface area contributed by atoms with Crippen LogP contribution in [0.5, 0.6) is 5.88 Å². The summed E-state index contributed by atoms with van der Waals surface area (Å²) in [6.07, 6.45) is 7.80. The van der Waals surface area contributed by atoms with Crippen LogP contribution in [0.4, 0.5) is 17.1 Å². The Balaban J connectivity index is 2.30. The summed E-state index contributed by atoms with van der Waals surface area (Å²) in [6.45, 7) is 9.93. The molecule has 10 nitrogen and oxygen atoms in total. The van der Waals surface area contributed by atoms with E-state index in [2.05, 4.69) is 40.1 Å². The molecule has 1 aromatic carbocycles. The number of anilines is 1. The van der Waals surface area contributed by atoms with E-state index in [4.69, 9.17) is 0 Å². The van der Waals surface area contributed by atoms with Gasteiger partial charge in [0, 0.05) is 25.2 Å². The van der Waals surface area contributed by atoms with Gasteiger partial charge in [0.05, 0.1) is 11.4 Å². The lowest BCUT2D eigenvalue weighted by molar-refractivity contribution is 0.0946. The second-order valence-electron chi connectivity index (χ2n) is 9.59. The molecule has 2 aromatic rings. The van der Waals surface area contributed by atoms with Gasteiger partial charge in [0.25, 0.3) is 11.5 Å². The zero-order chi connectivity index (χ0) is 28.6. The number of nitrogens with zero attached hydrogens (tertiary/aromatic N) is 4. The summed E-state index contributed by atoms with van der Waals surface area (Å²) >= 11 is 0. The van der Waals surface area contributed by atoms with Crippen LogP contribution in [-0.4, -0.2) is 35.3 Å². The van der Waals surface area contributed by atoms with E-state index in [1.165, 1.54) is 0 Å². The van der Waals surface area contributed by atoms with Crippen molar-refractivity contribution in [1.82, 2.24) is 9.99 Å². The lowest BCUT2D eigenvalue weighted by Gasteiger charge is -2.17. The third-order valence-electron chi connectivity index (χ3n) is 6.56. The molecular formula is C29H43N7O3. The topological polar surface area (TPSA) is 144 Å². The van der Waals surface area contributed by atoms with Crippen molar-refractivity contribution < 1.29 is 9.90 Å². The molecule has 0 aliphatic heterocycles. The van der Waals surface area contributed by atoms with E-state index in [9.17, 15) is 20.0 Å². The van der Waals surface area contributed by atoms with Crippen LogP contribution in [0.15, 0.2) is 39.3 Å². The highest BCUT2D eigenvalue weighted by Crippen LogP contribution is 2.36. The number of aromatic nitrogens is 1. The average Bonchev–Trinajstić information content (AvgIpc) is 2.95. The van der Waals surface area contributed by atoms with Gasteiger partial charge in [0.2, 0.25) is 5.88 Å². The molecule has 4 N–H and O–H groups in total. The fourth-order valence-corrected chi connectivity index (χ4v) is 4.00. The highest BCUT2D eigenvalue weighted by molar-refractivity contribution is 5.94. The maximum absolute atomic E-state index is 12.9. The highest BCUT2D eigenvalue weighted by atomic mass is 16.3. The quantitative estimate of drug-likeness (QED) is 0.137. The Morgan fingerprint density at radius 1 is 1.03 bits per heavy atom. The van der Waals surface area contributed by atoms with Crippen LogP contribution in [0, 0.1) is 17.2 Å². The van der Waals surface area contributed by atoms with Gasteiger partial charge in [-0.05, 0) is 49.4 Å². The summed E-state index contributed by atoms with van der Waals surface area (Å²) in [7, 11) is 0. The smallest absolute Gasteiger partial charge is 0.292 e. The Kier molecular flexibility index (Phi) is 13.6. The Labute approximate surface area is 231 Å². The van der Waals surface area contributed by atoms with E-state index in [1.807, 2.05) is 19.9 Å². The number of rotatable bonds is 17. The maximum atomic E-state index is 12.9. The molecular weight excluding hydrogens is 494 g/mol. The lowest BCUT2D eigenvalue weighted by Crippen LogP contribution is -2.32. The zero-order valence-electron chi connectivity index (χ0n) is 23.7. The molecule has 0 aliphatic carbocycles. The van der Waals surface area contributed by atoms with Crippen molar-refractivity contribution in [2.75, 3.05) is 30.4 Å². The predicted octanol–water partition coefficient (Wildman–Crippen LogP) is 6.34. The van der Waals surface area contributed by atoms with Gasteiger partial charge in [0.1, 0.15) is 11.6 Å². The van der Waals surface area contributed by atoms with Crippen LogP contribution in [-0.2, 0) is 0 Å². The standard InChI is InChI=1S/C29H43N7O3/c1-5-9-12-21(8-4)20-32-27(37)22-13-15-23(16-14-22)34-35-26-25(31-17-10-6-2)24(19-30)28(38)36(29(26)39)33-18-11-7-3/h13-16,21,31,33,39H,5-12,17-18,20H2,1-4H3,(H,32,37)/b35-34+. The minimum absolute atomic E-state index is 0.00856. The largest absolute Gasteiger partial charge is 0.492 e. The summed E-state index contributed by atoms with van der Waals surface area (Å²) in [6, 6.07) is 8.62. The summed E-state index contributed by atoms with van der Waals surface area (Å²) < 4.78 is 0.949. The number of nitriles is 1. The number of hydrogen-bond donors (Lipinski definition) is 4. The lowest BCUT2D eigenvalue weighted by atomic mass is 9.99. The molecule has 1 unspecified atom stereocenters. The Morgan fingerprint density at radius 3 is 2.31 bits per heavy atom. The van der Waals surface area contributed by atoms with Crippen LogP contribution in [0.1, 0.15) is 95.0 Å². The molecule has 1 atom stereocenters. The van der Waals surface area contributed by atoms with E-state index in [0.29, 0.717) is 36.8 Å². The van der Waals surface area contributed by atoms with Crippen LogP contribution in [0.25, 0.3) is 0 Å². The van der Waals surface area contributed by atoms with Gasteiger partial charge in [-0.2, -0.15) is 15.1 Å². The molecule has 0 saturated heterocycles. The van der Waals surface area contributed by atoms with Crippen molar-refractivity contribution in [3.05, 3.63) is 45.7 Å². The van der Waals surface area contributed by atoms with E-state index in [-0.39, 0.29) is 22.8 Å². The molecule has 2 rings (SSSR count). The molecule has 0 fully saturated rings. The molecule has 0 saturated carbocycles. The molecule has 0 radical (unpaired) electrons. The van der Waals surface area contributed by atoms with E-state index >= 15 is 0 Å². The molecule has 1 aromatic heterocycles. The van der Waals surface area contributed by atoms with Crippen molar-refractivity contribution in [3.63, 3.8) is 0 Å². The maximum Gasteiger partial charge on any atom is 0.292 e. The number of amides is 1. The Bertz CT molecular complexity index is 1180. The minimum Gasteiger partial charge on any atom is -0.492 e. The number of carbonyl (C=O) groups excluding carboxylic acids is 1. The number of nitrogens with one attached hydrogen (secondary N) is 3. The molecule has 0 bridgehead atoms. The number of hydrogen-bond acceptors (Lipinski definition) is 8. The highest BCUT2D eigenvalue weighted by Gasteiger charge is 2.22. The van der Waals surface area contributed by atoms with Gasteiger partial charge in [-0.25, -0.2) is 0 Å². The first-order valence-electron chi connectivity index (χ1n) is 14.1. The predicted molar refractivity (Wildman–Crippen MR) is 156 cm³/mol. The SMILES string of the molecule is CCCCNc1c(/N=N/c2ccc(C(=O)NCC(CC)CCCC)cc2)c(O)n(NCCCC)c(=O)c1C#N. The zero-order valence-corrected chi connectivity index (χ0v) is 23.7. The number of carbonyl (C=O) groups is 1. The molecule has 1 amide bonds. The number of benzene rings is 1. The van der Waals surface area contributed by atoms with E-state index in [1.54, 1.807) is 24.3 Å². The summed E-state index contributed by atoms with van der Waals surface area (Å²) in [4.78, 5) is 25.5. The van der Waals surface area contributed by atoms with Gasteiger partial charge >= 0.3 is 0 Å². The number of pyridine rings is 1. The summed E-state index contributed by atoms with van der Waals surface area (Å²) in [5, 5.41) is 35.2. The average molecular weight is 538 g/mol. The van der Waals surface area contributed by atoms with Gasteiger partial charge < -0.3 is 21.2 Å². The van der Waals surface area contributed by atoms with Gasteiger partial charge in [-0.3, -0.25) is 9.59 Å². The van der Waals surface area contributed by atoms with E-state index < -0.39 is 11.4 Å². The second-order valence-corrected chi connectivity index (χ2v) is 9.59. The fourth-order valence-electron chi connectivity index (χ4n) is 4.00. The minimum atomic E-state index is -0.653. The molecule has 39 heavy (non-hydrogen) atoms. The monoisotopic (exact) mass is 537 g/mol. The Morgan fingerprint density at radius 2 is 1.69 bits per heavy atom. The van der Waals surface area contributed by atoms with Crippen molar-refractivity contribution >= 4 is 23.0 Å². The third-order valence-corrected chi connectivity index (χ3v) is 6.56.